The average Bonchev–Trinajstić information content (AvgIpc) is 2.44. The topological polar surface area (TPSA) is 55.2 Å². The molecule has 0 heterocycles. The zero-order valence-corrected chi connectivity index (χ0v) is 12.4. The van der Waals surface area contributed by atoms with Gasteiger partial charge in [0.15, 0.2) is 0 Å². The van der Waals surface area contributed by atoms with Crippen LogP contribution in [-0.4, -0.2) is 11.5 Å². The van der Waals surface area contributed by atoms with Gasteiger partial charge in [0.1, 0.15) is 11.6 Å². The first kappa shape index (κ1) is 15.4. The third kappa shape index (κ3) is 3.75. The fourth-order valence-corrected chi connectivity index (χ4v) is 2.23. The Morgan fingerprint density at radius 1 is 1.19 bits per heavy atom. The molecule has 0 radical (unpaired) electrons. The van der Waals surface area contributed by atoms with Crippen molar-refractivity contribution in [3.63, 3.8) is 0 Å². The van der Waals surface area contributed by atoms with Crippen LogP contribution in [0.4, 0.5) is 20.2 Å². The number of nitrogens with zero attached hydrogens (tertiary/aromatic N) is 1. The molecular weight excluding hydrogens is 346 g/mol. The van der Waals surface area contributed by atoms with Crippen LogP contribution < -0.4 is 5.32 Å². The molecule has 0 spiro atoms. The molecule has 1 N–H and O–H groups in total. The molecular formula is C14H11BrF2N2O2. The summed E-state index contributed by atoms with van der Waals surface area (Å²) in [6, 6.07) is 8.44. The molecule has 0 fully saturated rings. The fourth-order valence-electron chi connectivity index (χ4n) is 1.89. The highest BCUT2D eigenvalue weighted by Gasteiger charge is 2.12. The zero-order chi connectivity index (χ0) is 15.4. The number of anilines is 1. The summed E-state index contributed by atoms with van der Waals surface area (Å²) >= 11 is 2.98. The van der Waals surface area contributed by atoms with Crippen LogP contribution in [0.3, 0.4) is 0 Å². The van der Waals surface area contributed by atoms with Crippen LogP contribution in [0.15, 0.2) is 40.9 Å². The second-order valence-corrected chi connectivity index (χ2v) is 5.16. The summed E-state index contributed by atoms with van der Waals surface area (Å²) in [5.74, 6) is -1.39. The van der Waals surface area contributed by atoms with Crippen molar-refractivity contribution >= 4 is 27.3 Å². The highest BCUT2D eigenvalue weighted by molar-refractivity contribution is 9.10. The van der Waals surface area contributed by atoms with Crippen LogP contribution in [-0.2, 0) is 6.42 Å². The first-order valence-corrected chi connectivity index (χ1v) is 6.89. The van der Waals surface area contributed by atoms with Gasteiger partial charge in [0.25, 0.3) is 5.69 Å². The van der Waals surface area contributed by atoms with Crippen LogP contribution in [0, 0.1) is 21.7 Å². The van der Waals surface area contributed by atoms with E-state index in [9.17, 15) is 18.9 Å². The van der Waals surface area contributed by atoms with Gasteiger partial charge in [0, 0.05) is 24.2 Å². The summed E-state index contributed by atoms with van der Waals surface area (Å²) in [5, 5.41) is 13.7. The van der Waals surface area contributed by atoms with Gasteiger partial charge in [0.2, 0.25) is 0 Å². The van der Waals surface area contributed by atoms with Gasteiger partial charge in [-0.05, 0) is 28.4 Å². The number of nitro groups is 1. The SMILES string of the molecule is O=[N+]([O-])c1ccccc1CCNc1cc(Br)c(F)cc1F. The monoisotopic (exact) mass is 356 g/mol. The van der Waals surface area contributed by atoms with E-state index in [4.69, 9.17) is 0 Å². The highest BCUT2D eigenvalue weighted by Crippen LogP contribution is 2.24. The molecule has 0 atom stereocenters. The lowest BCUT2D eigenvalue weighted by Crippen LogP contribution is -2.08. The van der Waals surface area contributed by atoms with Crippen molar-refractivity contribution in [2.24, 2.45) is 0 Å². The lowest BCUT2D eigenvalue weighted by Gasteiger charge is -2.09. The second kappa shape index (κ2) is 6.62. The van der Waals surface area contributed by atoms with Crippen molar-refractivity contribution in [3.05, 3.63) is 68.2 Å². The van der Waals surface area contributed by atoms with Crippen LogP contribution in [0.2, 0.25) is 0 Å². The van der Waals surface area contributed by atoms with Gasteiger partial charge >= 0.3 is 0 Å². The van der Waals surface area contributed by atoms with Crippen molar-refractivity contribution in [1.82, 2.24) is 0 Å². The number of nitrogens with one attached hydrogen (secondary N) is 1. The Balaban J connectivity index is 2.06. The number of rotatable bonds is 5. The van der Waals surface area contributed by atoms with Gasteiger partial charge in [-0.1, -0.05) is 18.2 Å². The highest BCUT2D eigenvalue weighted by atomic mass is 79.9. The van der Waals surface area contributed by atoms with Crippen molar-refractivity contribution in [1.29, 1.82) is 0 Å². The summed E-state index contributed by atoms with van der Waals surface area (Å²) in [4.78, 5) is 10.4. The maximum Gasteiger partial charge on any atom is 0.272 e. The molecule has 0 amide bonds. The Hall–Kier alpha value is -2.02. The molecule has 110 valence electrons. The molecule has 0 unspecified atom stereocenters. The smallest absolute Gasteiger partial charge is 0.272 e. The third-order valence-electron chi connectivity index (χ3n) is 2.91. The first-order chi connectivity index (χ1) is 9.99. The van der Waals surface area contributed by atoms with Gasteiger partial charge in [0.05, 0.1) is 15.1 Å². The van der Waals surface area contributed by atoms with Crippen molar-refractivity contribution in [2.75, 3.05) is 11.9 Å². The summed E-state index contributed by atoms with van der Waals surface area (Å²) in [7, 11) is 0. The maximum atomic E-state index is 13.5. The molecule has 0 saturated heterocycles. The Morgan fingerprint density at radius 2 is 1.90 bits per heavy atom. The minimum atomic E-state index is -0.710. The summed E-state index contributed by atoms with van der Waals surface area (Å²) in [6.07, 6.45) is 0.353. The molecule has 4 nitrogen and oxygen atoms in total. The van der Waals surface area contributed by atoms with E-state index in [-0.39, 0.29) is 15.8 Å². The summed E-state index contributed by atoms with van der Waals surface area (Å²) < 4.78 is 26.8. The van der Waals surface area contributed by atoms with Gasteiger partial charge in [-0.15, -0.1) is 0 Å². The van der Waals surface area contributed by atoms with Crippen molar-refractivity contribution < 1.29 is 13.7 Å². The molecule has 0 aliphatic heterocycles. The molecule has 21 heavy (non-hydrogen) atoms. The minimum Gasteiger partial charge on any atom is -0.382 e. The predicted octanol–water partition coefficient (Wildman–Crippen LogP) is 4.29. The van der Waals surface area contributed by atoms with E-state index >= 15 is 0 Å². The molecule has 0 aliphatic rings. The van der Waals surface area contributed by atoms with Gasteiger partial charge in [-0.2, -0.15) is 0 Å². The number of halogens is 3. The van der Waals surface area contributed by atoms with Crippen LogP contribution in [0.5, 0.6) is 0 Å². The van der Waals surface area contributed by atoms with Gasteiger partial charge in [-0.25, -0.2) is 8.78 Å². The fraction of sp³-hybridized carbons (Fsp3) is 0.143. The van der Waals surface area contributed by atoms with E-state index in [1.807, 2.05) is 0 Å². The van der Waals surface area contributed by atoms with Crippen LogP contribution in [0.25, 0.3) is 0 Å². The second-order valence-electron chi connectivity index (χ2n) is 4.31. The van der Waals surface area contributed by atoms with E-state index in [2.05, 4.69) is 21.2 Å². The predicted molar refractivity (Wildman–Crippen MR) is 79.3 cm³/mol. The maximum absolute atomic E-state index is 13.5. The number of hydrogen-bond acceptors (Lipinski definition) is 3. The van der Waals surface area contributed by atoms with E-state index < -0.39 is 16.6 Å². The molecule has 0 aliphatic carbocycles. The molecule has 2 aromatic carbocycles. The number of para-hydroxylation sites is 1. The molecule has 0 saturated carbocycles. The lowest BCUT2D eigenvalue weighted by molar-refractivity contribution is -0.385. The normalized spacial score (nSPS) is 10.4. The Bertz CT molecular complexity index is 680. The molecule has 0 aromatic heterocycles. The third-order valence-corrected chi connectivity index (χ3v) is 3.52. The van der Waals surface area contributed by atoms with Gasteiger partial charge in [-0.3, -0.25) is 10.1 Å². The number of hydrogen-bond donors (Lipinski definition) is 1. The summed E-state index contributed by atoms with van der Waals surface area (Å²) in [5.41, 5.74) is 0.721. The zero-order valence-electron chi connectivity index (χ0n) is 10.8. The quantitative estimate of drug-likeness (QED) is 0.493. The standard InChI is InChI=1S/C14H11BrF2N2O2/c15-10-7-13(12(17)8-11(10)16)18-6-5-9-3-1-2-4-14(9)19(20)21/h1-4,7-8,18H,5-6H2. The van der Waals surface area contributed by atoms with E-state index in [1.54, 1.807) is 18.2 Å². The van der Waals surface area contributed by atoms with E-state index in [0.29, 0.717) is 18.5 Å². The largest absolute Gasteiger partial charge is 0.382 e. The lowest BCUT2D eigenvalue weighted by atomic mass is 10.1. The van der Waals surface area contributed by atoms with Crippen molar-refractivity contribution in [3.8, 4) is 0 Å². The first-order valence-electron chi connectivity index (χ1n) is 6.09. The van der Waals surface area contributed by atoms with E-state index in [0.717, 1.165) is 6.07 Å². The molecule has 0 bridgehead atoms. The molecule has 2 rings (SSSR count). The van der Waals surface area contributed by atoms with Crippen molar-refractivity contribution in [2.45, 2.75) is 6.42 Å². The van der Waals surface area contributed by atoms with Crippen LogP contribution in [0.1, 0.15) is 5.56 Å². The number of benzene rings is 2. The summed E-state index contributed by atoms with van der Waals surface area (Å²) in [6.45, 7) is 0.292. The Labute approximate surface area is 128 Å². The van der Waals surface area contributed by atoms with Gasteiger partial charge < -0.3 is 5.32 Å². The number of nitro benzene ring substituents is 1. The van der Waals surface area contributed by atoms with E-state index in [1.165, 1.54) is 12.1 Å². The molecule has 7 heteroatoms. The Morgan fingerprint density at radius 3 is 2.62 bits per heavy atom. The average molecular weight is 357 g/mol. The Kier molecular flexibility index (Phi) is 4.85. The van der Waals surface area contributed by atoms with Crippen LogP contribution >= 0.6 is 15.9 Å². The molecule has 2 aromatic rings. The minimum absolute atomic E-state index is 0.0278.